The van der Waals surface area contributed by atoms with Crippen LogP contribution < -0.4 is 11.1 Å². The van der Waals surface area contributed by atoms with Gasteiger partial charge in [-0.05, 0) is 25.7 Å². The van der Waals surface area contributed by atoms with Gasteiger partial charge in [-0.3, -0.25) is 4.79 Å². The van der Waals surface area contributed by atoms with E-state index in [2.05, 4.69) is 5.32 Å². The fourth-order valence-electron chi connectivity index (χ4n) is 2.50. The van der Waals surface area contributed by atoms with Crippen molar-refractivity contribution in [1.82, 2.24) is 5.32 Å². The summed E-state index contributed by atoms with van der Waals surface area (Å²) in [6, 6.07) is 0.213. The van der Waals surface area contributed by atoms with Crippen LogP contribution in [0.25, 0.3) is 0 Å². The maximum absolute atomic E-state index is 11.8. The normalized spacial score (nSPS) is 40.7. The average Bonchev–Trinajstić information content (AvgIpc) is 2.16. The number of nitrogens with two attached hydrogens (primary N) is 1. The zero-order valence-electron chi connectivity index (χ0n) is 8.98. The van der Waals surface area contributed by atoms with Crippen molar-refractivity contribution < 1.29 is 9.90 Å². The Kier molecular flexibility index (Phi) is 3.26. The molecule has 0 aromatic carbocycles. The van der Waals surface area contributed by atoms with E-state index < -0.39 is 0 Å². The Bertz CT molecular complexity index is 239. The average molecular weight is 212 g/mol. The van der Waals surface area contributed by atoms with Crippen molar-refractivity contribution >= 4 is 5.91 Å². The molecule has 2 aliphatic rings. The van der Waals surface area contributed by atoms with Crippen LogP contribution in [0.15, 0.2) is 0 Å². The van der Waals surface area contributed by atoms with Crippen LogP contribution in [0.2, 0.25) is 0 Å². The van der Waals surface area contributed by atoms with Gasteiger partial charge >= 0.3 is 0 Å². The lowest BCUT2D eigenvalue weighted by Gasteiger charge is -2.35. The number of aliphatic hydroxyl groups excluding tert-OH is 1. The molecule has 2 aliphatic carbocycles. The molecule has 2 rings (SSSR count). The smallest absolute Gasteiger partial charge is 0.224 e. The molecule has 1 amide bonds. The van der Waals surface area contributed by atoms with Crippen molar-refractivity contribution in [3.05, 3.63) is 0 Å². The van der Waals surface area contributed by atoms with E-state index >= 15 is 0 Å². The topological polar surface area (TPSA) is 75.4 Å². The summed E-state index contributed by atoms with van der Waals surface area (Å²) in [5, 5.41) is 12.1. The molecule has 86 valence electrons. The monoisotopic (exact) mass is 212 g/mol. The van der Waals surface area contributed by atoms with Gasteiger partial charge in [0.2, 0.25) is 5.91 Å². The van der Waals surface area contributed by atoms with E-state index in [1.54, 1.807) is 0 Å². The van der Waals surface area contributed by atoms with E-state index in [4.69, 9.17) is 10.8 Å². The Hall–Kier alpha value is -0.610. The minimum Gasteiger partial charge on any atom is -0.393 e. The highest BCUT2D eigenvalue weighted by molar-refractivity contribution is 5.79. The zero-order valence-corrected chi connectivity index (χ0v) is 8.98. The van der Waals surface area contributed by atoms with Gasteiger partial charge in [-0.25, -0.2) is 0 Å². The summed E-state index contributed by atoms with van der Waals surface area (Å²) < 4.78 is 0. The number of carbonyl (C=O) groups excluding carboxylic acids is 1. The predicted octanol–water partition coefficient (Wildman–Crippen LogP) is 0.143. The first-order valence-electron chi connectivity index (χ1n) is 5.91. The fraction of sp³-hybridized carbons (Fsp3) is 0.909. The molecule has 15 heavy (non-hydrogen) atoms. The Morgan fingerprint density at radius 2 is 1.93 bits per heavy atom. The summed E-state index contributed by atoms with van der Waals surface area (Å²) in [4.78, 5) is 11.8. The second-order valence-corrected chi connectivity index (χ2v) is 4.89. The summed E-state index contributed by atoms with van der Waals surface area (Å²) in [5.41, 5.74) is 5.93. The van der Waals surface area contributed by atoms with Gasteiger partial charge in [0.05, 0.1) is 12.0 Å². The first kappa shape index (κ1) is 10.9. The molecule has 0 bridgehead atoms. The third kappa shape index (κ3) is 2.49. The molecule has 2 fully saturated rings. The number of amides is 1. The van der Waals surface area contributed by atoms with Crippen molar-refractivity contribution in [1.29, 1.82) is 0 Å². The second-order valence-electron chi connectivity index (χ2n) is 4.89. The third-order valence-electron chi connectivity index (χ3n) is 3.62. The van der Waals surface area contributed by atoms with Gasteiger partial charge in [0.25, 0.3) is 0 Å². The Labute approximate surface area is 90.2 Å². The lowest BCUT2D eigenvalue weighted by molar-refractivity contribution is -0.128. The summed E-state index contributed by atoms with van der Waals surface area (Å²) in [5.74, 6) is 0.0931. The lowest BCUT2D eigenvalue weighted by Crippen LogP contribution is -2.51. The first-order chi connectivity index (χ1) is 7.16. The maximum Gasteiger partial charge on any atom is 0.224 e. The van der Waals surface area contributed by atoms with Crippen LogP contribution in [0.3, 0.4) is 0 Å². The number of carbonyl (C=O) groups is 1. The molecule has 0 spiro atoms. The van der Waals surface area contributed by atoms with Gasteiger partial charge in [0, 0.05) is 12.1 Å². The van der Waals surface area contributed by atoms with Crippen molar-refractivity contribution in [2.75, 3.05) is 0 Å². The van der Waals surface area contributed by atoms with Crippen LogP contribution in [0, 0.1) is 5.92 Å². The van der Waals surface area contributed by atoms with Crippen LogP contribution in [-0.4, -0.2) is 29.2 Å². The number of aliphatic hydroxyl groups is 1. The van der Waals surface area contributed by atoms with Crippen LogP contribution in [-0.2, 0) is 4.79 Å². The van der Waals surface area contributed by atoms with E-state index in [0.717, 1.165) is 25.7 Å². The highest BCUT2D eigenvalue weighted by Crippen LogP contribution is 2.25. The largest absolute Gasteiger partial charge is 0.393 e. The molecule has 2 atom stereocenters. The first-order valence-corrected chi connectivity index (χ1v) is 5.91. The molecule has 4 N–H and O–H groups in total. The standard InChI is InChI=1S/C11H20N2O2/c12-10-4-2-1-3-9(10)11(15)13-7-5-8(14)6-7/h7-10,14H,1-6,12H2,(H,13,15). The molecule has 4 nitrogen and oxygen atoms in total. The van der Waals surface area contributed by atoms with Crippen molar-refractivity contribution in [2.45, 2.75) is 56.7 Å². The number of rotatable bonds is 2. The van der Waals surface area contributed by atoms with Crippen molar-refractivity contribution in [3.63, 3.8) is 0 Å². The molecular formula is C11H20N2O2. The minimum atomic E-state index is -0.213. The van der Waals surface area contributed by atoms with E-state index in [1.807, 2.05) is 0 Å². The molecular weight excluding hydrogens is 192 g/mol. The van der Waals surface area contributed by atoms with Gasteiger partial charge in [-0.15, -0.1) is 0 Å². The second kappa shape index (κ2) is 4.49. The summed E-state index contributed by atoms with van der Waals surface area (Å²) in [6.07, 6.45) is 5.33. The number of hydrogen-bond acceptors (Lipinski definition) is 3. The fourth-order valence-corrected chi connectivity index (χ4v) is 2.50. The van der Waals surface area contributed by atoms with Crippen molar-refractivity contribution in [3.8, 4) is 0 Å². The number of nitrogens with one attached hydrogen (secondary N) is 1. The summed E-state index contributed by atoms with van der Waals surface area (Å²) in [6.45, 7) is 0. The molecule has 4 heteroatoms. The summed E-state index contributed by atoms with van der Waals surface area (Å²) >= 11 is 0. The highest BCUT2D eigenvalue weighted by atomic mass is 16.3. The highest BCUT2D eigenvalue weighted by Gasteiger charge is 2.33. The van der Waals surface area contributed by atoms with E-state index in [0.29, 0.717) is 12.8 Å². The molecule has 0 aromatic heterocycles. The molecule has 0 saturated heterocycles. The van der Waals surface area contributed by atoms with E-state index in [9.17, 15) is 4.79 Å². The van der Waals surface area contributed by atoms with E-state index in [-0.39, 0.29) is 30.0 Å². The molecule has 2 unspecified atom stereocenters. The van der Waals surface area contributed by atoms with Crippen LogP contribution in [0.1, 0.15) is 38.5 Å². The molecule has 0 heterocycles. The van der Waals surface area contributed by atoms with E-state index in [1.165, 1.54) is 0 Å². The number of hydrogen-bond donors (Lipinski definition) is 3. The molecule has 0 radical (unpaired) electrons. The molecule has 0 aromatic rings. The molecule has 2 saturated carbocycles. The summed E-state index contributed by atoms with van der Waals surface area (Å²) in [7, 11) is 0. The predicted molar refractivity (Wildman–Crippen MR) is 57.1 cm³/mol. The van der Waals surface area contributed by atoms with Crippen molar-refractivity contribution in [2.24, 2.45) is 11.7 Å². The van der Waals surface area contributed by atoms with Crippen LogP contribution in [0.4, 0.5) is 0 Å². The Morgan fingerprint density at radius 1 is 1.27 bits per heavy atom. The SMILES string of the molecule is NC1CCCCC1C(=O)NC1CC(O)C1. The minimum absolute atomic E-state index is 0.00325. The van der Waals surface area contributed by atoms with Gasteiger partial charge in [-0.1, -0.05) is 12.8 Å². The van der Waals surface area contributed by atoms with Gasteiger partial charge < -0.3 is 16.2 Å². The Balaban J connectivity index is 1.79. The molecule has 0 aliphatic heterocycles. The zero-order chi connectivity index (χ0) is 10.8. The van der Waals surface area contributed by atoms with Gasteiger partial charge in [-0.2, -0.15) is 0 Å². The van der Waals surface area contributed by atoms with Crippen LogP contribution in [0.5, 0.6) is 0 Å². The van der Waals surface area contributed by atoms with Gasteiger partial charge in [0.15, 0.2) is 0 Å². The quantitative estimate of drug-likeness (QED) is 0.609. The Morgan fingerprint density at radius 3 is 2.53 bits per heavy atom. The van der Waals surface area contributed by atoms with Gasteiger partial charge in [0.1, 0.15) is 0 Å². The third-order valence-corrected chi connectivity index (χ3v) is 3.62. The maximum atomic E-state index is 11.8. The lowest BCUT2D eigenvalue weighted by atomic mass is 9.83. The van der Waals surface area contributed by atoms with Crippen LogP contribution >= 0.6 is 0 Å².